The number of guanidine groups is 1. The Bertz CT molecular complexity index is 614. The lowest BCUT2D eigenvalue weighted by Crippen LogP contribution is -2.41. The smallest absolute Gasteiger partial charge is 0.251 e. The molecule has 1 atom stereocenters. The van der Waals surface area contributed by atoms with E-state index in [1.165, 1.54) is 0 Å². The zero-order valence-electron chi connectivity index (χ0n) is 12.4. The van der Waals surface area contributed by atoms with Gasteiger partial charge in [-0.25, -0.2) is 4.99 Å². The van der Waals surface area contributed by atoms with E-state index in [2.05, 4.69) is 15.6 Å². The summed E-state index contributed by atoms with van der Waals surface area (Å²) in [6.07, 6.45) is 2.27. The Morgan fingerprint density at radius 1 is 1.30 bits per heavy atom. The number of rotatable bonds is 6. The maximum Gasteiger partial charge on any atom is 0.251 e. The number of amides is 2. The molecule has 124 valence electrons. The van der Waals surface area contributed by atoms with Gasteiger partial charge in [0.1, 0.15) is 6.04 Å². The predicted molar refractivity (Wildman–Crippen MR) is 90.6 cm³/mol. The summed E-state index contributed by atoms with van der Waals surface area (Å²) in [5.41, 5.74) is 5.96. The highest BCUT2D eigenvalue weighted by molar-refractivity contribution is 6.36. The molecule has 1 aliphatic rings. The summed E-state index contributed by atoms with van der Waals surface area (Å²) in [5, 5.41) is 5.97. The second-order valence-corrected chi connectivity index (χ2v) is 6.01. The Morgan fingerprint density at radius 3 is 2.65 bits per heavy atom. The molecular weight excluding hydrogens is 339 g/mol. The van der Waals surface area contributed by atoms with E-state index in [0.717, 1.165) is 12.8 Å². The quantitative estimate of drug-likeness (QED) is 0.675. The van der Waals surface area contributed by atoms with E-state index >= 15 is 0 Å². The molecule has 23 heavy (non-hydrogen) atoms. The fraction of sp³-hybridized carbons (Fsp3) is 0.400. The lowest BCUT2D eigenvalue weighted by Gasteiger charge is -2.07. The topological polar surface area (TPSA) is 96.6 Å². The van der Waals surface area contributed by atoms with Crippen molar-refractivity contribution in [2.45, 2.75) is 31.7 Å². The SMILES string of the molecule is NCCCC[C@@H]1N=C(NC(=O)Cc2c(Cl)cccc2Cl)NC1=O. The van der Waals surface area contributed by atoms with Crippen LogP contribution in [0.1, 0.15) is 24.8 Å². The molecule has 0 saturated heterocycles. The van der Waals surface area contributed by atoms with Gasteiger partial charge >= 0.3 is 0 Å². The zero-order valence-corrected chi connectivity index (χ0v) is 14.0. The molecular formula is C15H18Cl2N4O2. The van der Waals surface area contributed by atoms with Crippen LogP contribution in [-0.4, -0.2) is 30.4 Å². The number of carbonyl (C=O) groups excluding carboxylic acids is 2. The average Bonchev–Trinajstić information content (AvgIpc) is 2.83. The fourth-order valence-electron chi connectivity index (χ4n) is 2.23. The van der Waals surface area contributed by atoms with E-state index in [0.29, 0.717) is 28.6 Å². The number of carbonyl (C=O) groups is 2. The highest BCUT2D eigenvalue weighted by Crippen LogP contribution is 2.24. The zero-order chi connectivity index (χ0) is 16.8. The van der Waals surface area contributed by atoms with Crippen molar-refractivity contribution in [3.8, 4) is 0 Å². The Labute approximate surface area is 144 Å². The molecule has 1 aliphatic heterocycles. The summed E-state index contributed by atoms with van der Waals surface area (Å²) in [7, 11) is 0. The van der Waals surface area contributed by atoms with Crippen molar-refractivity contribution in [1.29, 1.82) is 0 Å². The van der Waals surface area contributed by atoms with Crippen molar-refractivity contribution in [3.05, 3.63) is 33.8 Å². The van der Waals surface area contributed by atoms with E-state index in [1.54, 1.807) is 18.2 Å². The van der Waals surface area contributed by atoms with Gasteiger partial charge in [-0.1, -0.05) is 29.3 Å². The second-order valence-electron chi connectivity index (χ2n) is 5.19. The third-order valence-corrected chi connectivity index (χ3v) is 4.13. The molecule has 4 N–H and O–H groups in total. The summed E-state index contributed by atoms with van der Waals surface area (Å²) in [4.78, 5) is 28.0. The summed E-state index contributed by atoms with van der Waals surface area (Å²) >= 11 is 12.1. The number of halogens is 2. The Balaban J connectivity index is 1.93. The first-order chi connectivity index (χ1) is 11.0. The normalized spacial score (nSPS) is 16.9. The molecule has 0 radical (unpaired) electrons. The number of unbranched alkanes of at least 4 members (excludes halogenated alkanes) is 1. The third kappa shape index (κ3) is 4.92. The van der Waals surface area contributed by atoms with Crippen LogP contribution in [0.2, 0.25) is 10.0 Å². The van der Waals surface area contributed by atoms with Crippen LogP contribution in [0.5, 0.6) is 0 Å². The third-order valence-electron chi connectivity index (χ3n) is 3.42. The summed E-state index contributed by atoms with van der Waals surface area (Å²) in [6.45, 7) is 0.584. The number of nitrogens with zero attached hydrogens (tertiary/aromatic N) is 1. The van der Waals surface area contributed by atoms with Crippen LogP contribution in [0.3, 0.4) is 0 Å². The average molecular weight is 357 g/mol. The number of nitrogens with two attached hydrogens (primary N) is 1. The number of hydrogen-bond donors (Lipinski definition) is 3. The van der Waals surface area contributed by atoms with Crippen LogP contribution in [-0.2, 0) is 16.0 Å². The molecule has 1 aromatic carbocycles. The molecule has 0 unspecified atom stereocenters. The van der Waals surface area contributed by atoms with Crippen molar-refractivity contribution in [1.82, 2.24) is 10.6 Å². The van der Waals surface area contributed by atoms with Crippen molar-refractivity contribution >= 4 is 41.0 Å². The van der Waals surface area contributed by atoms with Crippen LogP contribution in [0.15, 0.2) is 23.2 Å². The molecule has 0 fully saturated rings. The number of aliphatic imine (C=N–C) groups is 1. The second kappa shape index (κ2) is 8.29. The van der Waals surface area contributed by atoms with E-state index in [4.69, 9.17) is 28.9 Å². The van der Waals surface area contributed by atoms with E-state index in [9.17, 15) is 9.59 Å². The Hall–Kier alpha value is -1.63. The van der Waals surface area contributed by atoms with Crippen LogP contribution in [0, 0.1) is 0 Å². The Morgan fingerprint density at radius 2 is 2.00 bits per heavy atom. The number of nitrogens with one attached hydrogen (secondary N) is 2. The van der Waals surface area contributed by atoms with Gasteiger partial charge in [0.25, 0.3) is 5.91 Å². The Kier molecular flexibility index (Phi) is 6.38. The standard InChI is InChI=1S/C15H18Cl2N4O2/c16-10-4-3-5-11(17)9(10)8-13(22)20-15-19-12(14(23)21-15)6-1-2-7-18/h3-5,12H,1-2,6-8,18H2,(H2,19,20,21,22,23)/t12-/m0/s1. The van der Waals surface area contributed by atoms with Crippen molar-refractivity contribution in [2.75, 3.05) is 6.54 Å². The summed E-state index contributed by atoms with van der Waals surface area (Å²) in [6, 6.07) is 4.57. The molecule has 0 bridgehead atoms. The largest absolute Gasteiger partial charge is 0.330 e. The molecule has 1 heterocycles. The van der Waals surface area contributed by atoms with E-state index in [1.807, 2.05) is 0 Å². The molecule has 0 spiro atoms. The lowest BCUT2D eigenvalue weighted by molar-refractivity contribution is -0.120. The van der Waals surface area contributed by atoms with Gasteiger partial charge in [-0.3, -0.25) is 20.2 Å². The lowest BCUT2D eigenvalue weighted by atomic mass is 10.1. The fourth-order valence-corrected chi connectivity index (χ4v) is 2.76. The maximum atomic E-state index is 12.1. The predicted octanol–water partition coefficient (Wildman–Crippen LogP) is 1.64. The van der Waals surface area contributed by atoms with E-state index in [-0.39, 0.29) is 24.2 Å². The molecule has 6 nitrogen and oxygen atoms in total. The first-order valence-corrected chi connectivity index (χ1v) is 8.08. The molecule has 2 rings (SSSR count). The van der Waals surface area contributed by atoms with Crippen LogP contribution < -0.4 is 16.4 Å². The first-order valence-electron chi connectivity index (χ1n) is 7.32. The maximum absolute atomic E-state index is 12.1. The van der Waals surface area contributed by atoms with Gasteiger partial charge in [-0.15, -0.1) is 0 Å². The van der Waals surface area contributed by atoms with Gasteiger partial charge in [-0.2, -0.15) is 0 Å². The highest BCUT2D eigenvalue weighted by atomic mass is 35.5. The summed E-state index contributed by atoms with van der Waals surface area (Å²) < 4.78 is 0. The van der Waals surface area contributed by atoms with Gasteiger partial charge in [0, 0.05) is 10.0 Å². The summed E-state index contributed by atoms with van der Waals surface area (Å²) in [5.74, 6) is -0.393. The monoisotopic (exact) mass is 356 g/mol. The minimum atomic E-state index is -0.472. The molecule has 0 aromatic heterocycles. The minimum absolute atomic E-state index is 0.00520. The van der Waals surface area contributed by atoms with Crippen LogP contribution >= 0.6 is 23.2 Å². The van der Waals surface area contributed by atoms with Gasteiger partial charge in [0.2, 0.25) is 11.9 Å². The first kappa shape index (κ1) is 17.7. The van der Waals surface area contributed by atoms with Crippen molar-refractivity contribution < 1.29 is 9.59 Å². The van der Waals surface area contributed by atoms with Gasteiger partial charge in [0.05, 0.1) is 6.42 Å². The number of hydrogen-bond acceptors (Lipinski definition) is 4. The highest BCUT2D eigenvalue weighted by Gasteiger charge is 2.26. The van der Waals surface area contributed by atoms with E-state index < -0.39 is 6.04 Å². The van der Waals surface area contributed by atoms with Crippen LogP contribution in [0.25, 0.3) is 0 Å². The van der Waals surface area contributed by atoms with Gasteiger partial charge < -0.3 is 5.73 Å². The van der Waals surface area contributed by atoms with Gasteiger partial charge in [-0.05, 0) is 43.5 Å². The molecule has 0 aliphatic carbocycles. The van der Waals surface area contributed by atoms with Crippen molar-refractivity contribution in [3.63, 3.8) is 0 Å². The molecule has 2 amide bonds. The molecule has 8 heteroatoms. The van der Waals surface area contributed by atoms with Crippen LogP contribution in [0.4, 0.5) is 0 Å². The van der Waals surface area contributed by atoms with Crippen molar-refractivity contribution in [2.24, 2.45) is 10.7 Å². The minimum Gasteiger partial charge on any atom is -0.330 e. The molecule has 0 saturated carbocycles. The number of benzene rings is 1. The molecule has 1 aromatic rings. The van der Waals surface area contributed by atoms with Gasteiger partial charge in [0.15, 0.2) is 0 Å².